The number of nitrogens with zero attached hydrogens (tertiary/aromatic N) is 1. The molecule has 0 bridgehead atoms. The molecule has 3 rings (SSSR count). The first-order valence-electron chi connectivity index (χ1n) is 9.21. The summed E-state index contributed by atoms with van der Waals surface area (Å²) in [6.07, 6.45) is 1.10. The van der Waals surface area contributed by atoms with Crippen molar-refractivity contribution in [2.75, 3.05) is 5.32 Å². The third-order valence-corrected chi connectivity index (χ3v) is 5.43. The highest BCUT2D eigenvalue weighted by Crippen LogP contribution is 2.27. The van der Waals surface area contributed by atoms with Crippen LogP contribution in [0.15, 0.2) is 46.9 Å². The first-order chi connectivity index (χ1) is 14.2. The van der Waals surface area contributed by atoms with Crippen LogP contribution in [0.25, 0.3) is 0 Å². The van der Waals surface area contributed by atoms with E-state index in [-0.39, 0.29) is 11.4 Å². The maximum Gasteiger partial charge on any atom is 0.344 e. The van der Waals surface area contributed by atoms with Gasteiger partial charge in [-0.25, -0.2) is 19.4 Å². The Morgan fingerprint density at radius 2 is 1.93 bits per heavy atom. The average Bonchev–Trinajstić information content (AvgIpc) is 2.94. The van der Waals surface area contributed by atoms with Crippen molar-refractivity contribution < 1.29 is 23.9 Å². The maximum atomic E-state index is 13.9. The number of hydrogen-bond donors (Lipinski definition) is 4. The molecule has 158 valence electrons. The predicted octanol–water partition coefficient (Wildman–Crippen LogP) is 3.66. The van der Waals surface area contributed by atoms with Crippen molar-refractivity contribution in [2.24, 2.45) is 0 Å². The molecule has 5 amide bonds. The van der Waals surface area contributed by atoms with Crippen molar-refractivity contribution in [2.45, 2.75) is 31.7 Å². The first kappa shape index (κ1) is 21.6. The topological polar surface area (TPSA) is 111 Å². The van der Waals surface area contributed by atoms with Gasteiger partial charge in [0.2, 0.25) is 0 Å². The third-order valence-electron chi connectivity index (χ3n) is 4.93. The minimum absolute atomic E-state index is 0.100. The van der Waals surface area contributed by atoms with E-state index in [2.05, 4.69) is 32.0 Å². The molecular formula is C20H20BrFN4O4. The number of nitrogens with one attached hydrogen (secondary N) is 3. The number of hydrazine groups is 1. The zero-order valence-corrected chi connectivity index (χ0v) is 17.6. The Bertz CT molecular complexity index is 985. The molecule has 4 N–H and O–H groups in total. The third kappa shape index (κ3) is 4.54. The van der Waals surface area contributed by atoms with E-state index < -0.39 is 29.3 Å². The molecule has 1 fully saturated rings. The molecule has 10 heteroatoms. The highest BCUT2D eigenvalue weighted by atomic mass is 79.9. The summed E-state index contributed by atoms with van der Waals surface area (Å²) < 4.78 is 14.4. The molecule has 0 saturated carbocycles. The van der Waals surface area contributed by atoms with Crippen molar-refractivity contribution in [3.8, 4) is 5.75 Å². The Hall–Kier alpha value is -3.14. The smallest absolute Gasteiger partial charge is 0.344 e. The summed E-state index contributed by atoms with van der Waals surface area (Å²) in [7, 11) is 0. The van der Waals surface area contributed by atoms with Gasteiger partial charge in [0.15, 0.2) is 0 Å². The standard InChI is InChI=1S/C20H20BrFN4O4/c1-2-20(10-9-12-3-6-14(27)7-4-12)17(28)26(19(30)24-20)25-18(29)23-16-8-5-13(21)11-15(16)22/h3-8,11,27H,2,9-10H2,1H3,(H,24,30)(H2,23,25,29). The number of rotatable bonds is 6. The first-order valence-corrected chi connectivity index (χ1v) is 10.0. The van der Waals surface area contributed by atoms with Gasteiger partial charge in [-0.3, -0.25) is 4.79 Å². The fourth-order valence-electron chi connectivity index (χ4n) is 3.17. The molecule has 0 aromatic heterocycles. The van der Waals surface area contributed by atoms with Gasteiger partial charge in [0.1, 0.15) is 17.1 Å². The minimum atomic E-state index is -1.18. The van der Waals surface area contributed by atoms with Gasteiger partial charge in [-0.15, -0.1) is 0 Å². The minimum Gasteiger partial charge on any atom is -0.508 e. The van der Waals surface area contributed by atoms with Gasteiger partial charge in [0.25, 0.3) is 5.91 Å². The van der Waals surface area contributed by atoms with Gasteiger partial charge in [0, 0.05) is 4.47 Å². The van der Waals surface area contributed by atoms with Gasteiger partial charge in [-0.1, -0.05) is 35.0 Å². The molecule has 30 heavy (non-hydrogen) atoms. The second-order valence-corrected chi connectivity index (χ2v) is 7.78. The number of aromatic hydroxyl groups is 1. The molecule has 1 aliphatic heterocycles. The van der Waals surface area contributed by atoms with Gasteiger partial charge < -0.3 is 15.7 Å². The molecule has 0 radical (unpaired) electrons. The summed E-state index contributed by atoms with van der Waals surface area (Å²) in [5.41, 5.74) is 1.78. The summed E-state index contributed by atoms with van der Waals surface area (Å²) in [6.45, 7) is 1.76. The van der Waals surface area contributed by atoms with Crippen LogP contribution in [0.4, 0.5) is 19.7 Å². The largest absolute Gasteiger partial charge is 0.508 e. The van der Waals surface area contributed by atoms with E-state index in [1.165, 1.54) is 18.2 Å². The monoisotopic (exact) mass is 478 g/mol. The van der Waals surface area contributed by atoms with Gasteiger partial charge in [0.05, 0.1) is 5.69 Å². The molecule has 1 heterocycles. The molecule has 1 aliphatic rings. The highest BCUT2D eigenvalue weighted by Gasteiger charge is 2.50. The second-order valence-electron chi connectivity index (χ2n) is 6.86. The zero-order valence-electron chi connectivity index (χ0n) is 16.0. The van der Waals surface area contributed by atoms with E-state index in [4.69, 9.17) is 0 Å². The number of phenols is 1. The number of imide groups is 1. The number of hydrogen-bond acceptors (Lipinski definition) is 4. The summed E-state index contributed by atoms with van der Waals surface area (Å²) in [6, 6.07) is 8.92. The Kier molecular flexibility index (Phi) is 6.25. The summed E-state index contributed by atoms with van der Waals surface area (Å²) >= 11 is 3.12. The van der Waals surface area contributed by atoms with E-state index in [0.717, 1.165) is 5.56 Å². The lowest BCUT2D eigenvalue weighted by atomic mass is 9.89. The Morgan fingerprint density at radius 3 is 2.57 bits per heavy atom. The van der Waals surface area contributed by atoms with Crippen LogP contribution >= 0.6 is 15.9 Å². The quantitative estimate of drug-likeness (QED) is 0.474. The van der Waals surface area contributed by atoms with Gasteiger partial charge in [-0.05, 0) is 55.2 Å². The number of urea groups is 2. The zero-order chi connectivity index (χ0) is 21.9. The van der Waals surface area contributed by atoms with Crippen LogP contribution in [0.1, 0.15) is 25.3 Å². The lowest BCUT2D eigenvalue weighted by molar-refractivity contribution is -0.133. The molecule has 1 saturated heterocycles. The maximum absolute atomic E-state index is 13.9. The number of amides is 5. The summed E-state index contributed by atoms with van der Waals surface area (Å²) in [4.78, 5) is 37.5. The van der Waals surface area contributed by atoms with Crippen molar-refractivity contribution in [1.82, 2.24) is 15.8 Å². The SMILES string of the molecule is CCC1(CCc2ccc(O)cc2)NC(=O)N(NC(=O)Nc2ccc(Br)cc2F)C1=O. The number of halogens is 2. The number of carbonyl (C=O) groups is 3. The fraction of sp³-hybridized carbons (Fsp3) is 0.250. The fourth-order valence-corrected chi connectivity index (χ4v) is 3.50. The second kappa shape index (κ2) is 8.70. The van der Waals surface area contributed by atoms with E-state index >= 15 is 0 Å². The lowest BCUT2D eigenvalue weighted by Crippen LogP contribution is -2.51. The normalized spacial score (nSPS) is 18.3. The summed E-state index contributed by atoms with van der Waals surface area (Å²) in [5.74, 6) is -1.13. The van der Waals surface area contributed by atoms with Gasteiger partial charge >= 0.3 is 12.1 Å². The molecular weight excluding hydrogens is 459 g/mol. The van der Waals surface area contributed by atoms with Crippen LogP contribution in [0.2, 0.25) is 0 Å². The van der Waals surface area contributed by atoms with Crippen molar-refractivity contribution in [3.05, 3.63) is 58.3 Å². The van der Waals surface area contributed by atoms with E-state index in [0.29, 0.717) is 28.7 Å². The van der Waals surface area contributed by atoms with Crippen molar-refractivity contribution in [1.29, 1.82) is 0 Å². The van der Waals surface area contributed by atoms with Crippen LogP contribution in [-0.2, 0) is 11.2 Å². The van der Waals surface area contributed by atoms with Crippen LogP contribution in [0.3, 0.4) is 0 Å². The Labute approximate surface area is 180 Å². The van der Waals surface area contributed by atoms with Gasteiger partial charge in [-0.2, -0.15) is 5.01 Å². The predicted molar refractivity (Wildman–Crippen MR) is 111 cm³/mol. The van der Waals surface area contributed by atoms with Crippen LogP contribution in [-0.4, -0.2) is 33.6 Å². The van der Waals surface area contributed by atoms with E-state index in [1.54, 1.807) is 31.2 Å². The van der Waals surface area contributed by atoms with E-state index in [1.807, 2.05) is 0 Å². The number of aryl methyl sites for hydroxylation is 1. The van der Waals surface area contributed by atoms with Crippen LogP contribution in [0.5, 0.6) is 5.75 Å². The molecule has 2 aromatic rings. The highest BCUT2D eigenvalue weighted by molar-refractivity contribution is 9.10. The van der Waals surface area contributed by atoms with Crippen LogP contribution < -0.4 is 16.1 Å². The number of anilines is 1. The van der Waals surface area contributed by atoms with E-state index in [9.17, 15) is 23.9 Å². The average molecular weight is 479 g/mol. The number of carbonyl (C=O) groups excluding carboxylic acids is 3. The van der Waals surface area contributed by atoms with Crippen molar-refractivity contribution >= 4 is 39.6 Å². The van der Waals surface area contributed by atoms with Crippen LogP contribution in [0, 0.1) is 5.82 Å². The number of benzene rings is 2. The molecule has 8 nitrogen and oxygen atoms in total. The molecule has 2 aromatic carbocycles. The number of phenolic OH excluding ortho intramolecular Hbond substituents is 1. The molecule has 0 spiro atoms. The molecule has 1 atom stereocenters. The molecule has 0 aliphatic carbocycles. The summed E-state index contributed by atoms with van der Waals surface area (Å²) in [5, 5.41) is 14.9. The van der Waals surface area contributed by atoms with Crippen molar-refractivity contribution in [3.63, 3.8) is 0 Å². The Balaban J connectivity index is 1.67. The molecule has 1 unspecified atom stereocenters. The Morgan fingerprint density at radius 1 is 1.23 bits per heavy atom. The lowest BCUT2D eigenvalue weighted by Gasteiger charge is -2.25.